The maximum absolute atomic E-state index is 12.7. The maximum Gasteiger partial charge on any atom is 0.311 e. The molecule has 1 aromatic heterocycles. The van der Waals surface area contributed by atoms with Crippen LogP contribution in [0.5, 0.6) is 0 Å². The molecule has 0 unspecified atom stereocenters. The number of oxazole rings is 1. The molecule has 0 aliphatic carbocycles. The third kappa shape index (κ3) is 2.25. The number of aromatic nitrogens is 1. The van der Waals surface area contributed by atoms with Crippen molar-refractivity contribution in [3.8, 4) is 11.5 Å². The molecule has 82 valence electrons. The summed E-state index contributed by atoms with van der Waals surface area (Å²) < 4.78 is 17.9. The van der Waals surface area contributed by atoms with E-state index in [9.17, 15) is 9.18 Å². The second kappa shape index (κ2) is 4.14. The van der Waals surface area contributed by atoms with Gasteiger partial charge in [-0.2, -0.15) is 0 Å². The van der Waals surface area contributed by atoms with Crippen LogP contribution in [0.3, 0.4) is 0 Å². The molecule has 4 nitrogen and oxygen atoms in total. The molecular formula is C11H8FNO3. The number of carboxylic acids is 1. The standard InChI is InChI=1S/C11H8FNO3/c12-8-3-1-7(2-4-8)11-13-6-9(16-11)5-10(14)15/h1-4,6H,5H2,(H,14,15). The van der Waals surface area contributed by atoms with E-state index >= 15 is 0 Å². The van der Waals surface area contributed by atoms with Crippen LogP contribution in [0.2, 0.25) is 0 Å². The highest BCUT2D eigenvalue weighted by Crippen LogP contribution is 2.19. The lowest BCUT2D eigenvalue weighted by Gasteiger charge is -1.94. The molecule has 0 radical (unpaired) electrons. The Balaban J connectivity index is 2.24. The molecule has 0 amide bonds. The van der Waals surface area contributed by atoms with E-state index < -0.39 is 5.97 Å². The zero-order chi connectivity index (χ0) is 11.5. The summed E-state index contributed by atoms with van der Waals surface area (Å²) in [4.78, 5) is 14.3. The fourth-order valence-electron chi connectivity index (χ4n) is 1.26. The smallest absolute Gasteiger partial charge is 0.311 e. The molecule has 2 rings (SSSR count). The first-order valence-corrected chi connectivity index (χ1v) is 4.57. The maximum atomic E-state index is 12.7. The Morgan fingerprint density at radius 1 is 1.38 bits per heavy atom. The van der Waals surface area contributed by atoms with Crippen LogP contribution >= 0.6 is 0 Å². The Hall–Kier alpha value is -2.17. The minimum absolute atomic E-state index is 0.214. The van der Waals surface area contributed by atoms with Gasteiger partial charge in [-0.05, 0) is 24.3 Å². The normalized spacial score (nSPS) is 10.3. The zero-order valence-corrected chi connectivity index (χ0v) is 8.18. The number of carbonyl (C=O) groups is 1. The summed E-state index contributed by atoms with van der Waals surface area (Å²) in [7, 11) is 0. The van der Waals surface area contributed by atoms with Crippen LogP contribution in [0.25, 0.3) is 11.5 Å². The van der Waals surface area contributed by atoms with E-state index in [1.54, 1.807) is 0 Å². The summed E-state index contributed by atoms with van der Waals surface area (Å²) in [6.07, 6.45) is 1.14. The van der Waals surface area contributed by atoms with E-state index in [4.69, 9.17) is 9.52 Å². The van der Waals surface area contributed by atoms with Crippen molar-refractivity contribution < 1.29 is 18.7 Å². The molecule has 0 atom stereocenters. The summed E-state index contributed by atoms with van der Waals surface area (Å²) in [6, 6.07) is 5.62. The fourth-order valence-corrected chi connectivity index (χ4v) is 1.26. The first-order chi connectivity index (χ1) is 7.65. The van der Waals surface area contributed by atoms with Crippen LogP contribution in [-0.4, -0.2) is 16.1 Å². The Kier molecular flexibility index (Phi) is 2.68. The number of hydrogen-bond donors (Lipinski definition) is 1. The van der Waals surface area contributed by atoms with Gasteiger partial charge in [0.15, 0.2) is 0 Å². The Morgan fingerprint density at radius 2 is 2.06 bits per heavy atom. The molecular weight excluding hydrogens is 213 g/mol. The summed E-state index contributed by atoms with van der Waals surface area (Å²) in [5.41, 5.74) is 0.609. The fraction of sp³-hybridized carbons (Fsp3) is 0.0909. The zero-order valence-electron chi connectivity index (χ0n) is 8.18. The van der Waals surface area contributed by atoms with Gasteiger partial charge >= 0.3 is 5.97 Å². The molecule has 16 heavy (non-hydrogen) atoms. The van der Waals surface area contributed by atoms with Gasteiger partial charge in [0.05, 0.1) is 6.20 Å². The Labute approximate surface area is 90.4 Å². The molecule has 0 saturated carbocycles. The quantitative estimate of drug-likeness (QED) is 0.862. The largest absolute Gasteiger partial charge is 0.481 e. The Morgan fingerprint density at radius 3 is 2.69 bits per heavy atom. The third-order valence-corrected chi connectivity index (χ3v) is 1.97. The van der Waals surface area contributed by atoms with E-state index in [0.717, 1.165) is 0 Å². The summed E-state index contributed by atoms with van der Waals surface area (Å²) in [5, 5.41) is 8.55. The second-order valence-corrected chi connectivity index (χ2v) is 3.21. The molecule has 1 N–H and O–H groups in total. The molecule has 1 aromatic carbocycles. The highest BCUT2D eigenvalue weighted by Gasteiger charge is 2.09. The second-order valence-electron chi connectivity index (χ2n) is 3.21. The van der Waals surface area contributed by atoms with Crippen LogP contribution < -0.4 is 0 Å². The van der Waals surface area contributed by atoms with Gasteiger partial charge in [0.2, 0.25) is 5.89 Å². The van der Waals surface area contributed by atoms with E-state index in [2.05, 4.69) is 4.98 Å². The van der Waals surface area contributed by atoms with Crippen LogP contribution in [0, 0.1) is 5.82 Å². The van der Waals surface area contributed by atoms with Crippen molar-refractivity contribution in [1.29, 1.82) is 0 Å². The number of hydrogen-bond acceptors (Lipinski definition) is 3. The predicted octanol–water partition coefficient (Wildman–Crippen LogP) is 2.11. The number of carboxylic acid groups (broad SMARTS) is 1. The molecule has 0 saturated heterocycles. The predicted molar refractivity (Wildman–Crippen MR) is 53.2 cm³/mol. The van der Waals surface area contributed by atoms with E-state index in [-0.39, 0.29) is 23.9 Å². The SMILES string of the molecule is O=C(O)Cc1cnc(-c2ccc(F)cc2)o1. The lowest BCUT2D eigenvalue weighted by Crippen LogP contribution is -1.97. The van der Waals surface area contributed by atoms with Crippen molar-refractivity contribution in [2.75, 3.05) is 0 Å². The average Bonchev–Trinajstić information content (AvgIpc) is 2.66. The van der Waals surface area contributed by atoms with Gasteiger partial charge in [-0.25, -0.2) is 9.37 Å². The van der Waals surface area contributed by atoms with E-state index in [1.807, 2.05) is 0 Å². The van der Waals surface area contributed by atoms with Crippen molar-refractivity contribution in [2.24, 2.45) is 0 Å². The molecule has 0 bridgehead atoms. The van der Waals surface area contributed by atoms with Crippen LogP contribution in [0.15, 0.2) is 34.9 Å². The van der Waals surface area contributed by atoms with Crippen molar-refractivity contribution in [1.82, 2.24) is 4.98 Å². The van der Waals surface area contributed by atoms with Crippen molar-refractivity contribution in [2.45, 2.75) is 6.42 Å². The first-order valence-electron chi connectivity index (χ1n) is 4.57. The molecule has 1 heterocycles. The van der Waals surface area contributed by atoms with Gasteiger partial charge in [0.1, 0.15) is 18.0 Å². The molecule has 0 spiro atoms. The van der Waals surface area contributed by atoms with E-state index in [0.29, 0.717) is 5.56 Å². The topological polar surface area (TPSA) is 63.3 Å². The minimum Gasteiger partial charge on any atom is -0.481 e. The van der Waals surface area contributed by atoms with Crippen molar-refractivity contribution in [3.63, 3.8) is 0 Å². The van der Waals surface area contributed by atoms with E-state index in [1.165, 1.54) is 30.5 Å². The summed E-state index contributed by atoms with van der Waals surface area (Å²) >= 11 is 0. The van der Waals surface area contributed by atoms with Gasteiger partial charge in [-0.1, -0.05) is 0 Å². The van der Waals surface area contributed by atoms with Crippen LogP contribution in [-0.2, 0) is 11.2 Å². The number of rotatable bonds is 3. The average molecular weight is 221 g/mol. The monoisotopic (exact) mass is 221 g/mol. The van der Waals surface area contributed by atoms with Crippen LogP contribution in [0.1, 0.15) is 5.76 Å². The van der Waals surface area contributed by atoms with Gasteiger partial charge in [0.25, 0.3) is 0 Å². The highest BCUT2D eigenvalue weighted by atomic mass is 19.1. The van der Waals surface area contributed by atoms with Crippen LogP contribution in [0.4, 0.5) is 4.39 Å². The third-order valence-electron chi connectivity index (χ3n) is 1.97. The number of aliphatic carboxylic acids is 1. The summed E-state index contributed by atoms with van der Waals surface area (Å²) in [6.45, 7) is 0. The molecule has 0 aliphatic rings. The van der Waals surface area contributed by atoms with Gasteiger partial charge in [-0.15, -0.1) is 0 Å². The lowest BCUT2D eigenvalue weighted by molar-refractivity contribution is -0.136. The van der Waals surface area contributed by atoms with Crippen molar-refractivity contribution >= 4 is 5.97 Å². The first kappa shape index (κ1) is 10.4. The molecule has 0 aliphatic heterocycles. The Bertz CT molecular complexity index is 504. The molecule has 5 heteroatoms. The highest BCUT2D eigenvalue weighted by molar-refractivity contribution is 5.69. The number of halogens is 1. The summed E-state index contributed by atoms with van der Waals surface area (Å²) in [5.74, 6) is -0.772. The number of benzene rings is 1. The van der Waals surface area contributed by atoms with Crippen molar-refractivity contribution in [3.05, 3.63) is 42.0 Å². The van der Waals surface area contributed by atoms with Gasteiger partial charge < -0.3 is 9.52 Å². The van der Waals surface area contributed by atoms with Gasteiger partial charge in [0, 0.05) is 5.56 Å². The molecule has 2 aromatic rings. The minimum atomic E-state index is -0.984. The van der Waals surface area contributed by atoms with Gasteiger partial charge in [-0.3, -0.25) is 4.79 Å². The number of nitrogens with zero attached hydrogens (tertiary/aromatic N) is 1. The molecule has 0 fully saturated rings. The lowest BCUT2D eigenvalue weighted by atomic mass is 10.2.